The average molecular weight is 381 g/mol. The second-order valence-corrected chi connectivity index (χ2v) is 8.05. The molecule has 3 aromatic heterocycles. The van der Waals surface area contributed by atoms with Crippen molar-refractivity contribution in [2.45, 2.75) is 39.5 Å². The fraction of sp³-hybridized carbons (Fsp3) is 0.381. The lowest BCUT2D eigenvalue weighted by Gasteiger charge is -2.13. The summed E-state index contributed by atoms with van der Waals surface area (Å²) >= 11 is 1.43. The topological polar surface area (TPSA) is 59.8 Å². The molecule has 3 heterocycles. The predicted molar refractivity (Wildman–Crippen MR) is 114 cm³/mol. The Morgan fingerprint density at radius 2 is 2.26 bits per heavy atom. The van der Waals surface area contributed by atoms with Crippen LogP contribution in [0.4, 0.5) is 5.69 Å². The summed E-state index contributed by atoms with van der Waals surface area (Å²) in [5.41, 5.74) is 2.75. The number of anilines is 1. The zero-order chi connectivity index (χ0) is 18.8. The molecule has 0 radical (unpaired) electrons. The van der Waals surface area contributed by atoms with Crippen molar-refractivity contribution in [3.63, 3.8) is 0 Å². The van der Waals surface area contributed by atoms with Gasteiger partial charge in [-0.3, -0.25) is 9.36 Å². The summed E-state index contributed by atoms with van der Waals surface area (Å²) < 4.78 is 2.38. The Labute approximate surface area is 162 Å². The van der Waals surface area contributed by atoms with Crippen molar-refractivity contribution in [3.8, 4) is 0 Å². The summed E-state index contributed by atoms with van der Waals surface area (Å²) in [5.74, 6) is 0.586. The van der Waals surface area contributed by atoms with Gasteiger partial charge in [0.2, 0.25) is 0 Å². The Bertz CT molecular complexity index is 1090. The molecule has 5 nitrogen and oxygen atoms in total. The summed E-state index contributed by atoms with van der Waals surface area (Å²) in [6.45, 7) is 5.24. The number of hydrogen-bond acceptors (Lipinski definition) is 5. The summed E-state index contributed by atoms with van der Waals surface area (Å²) in [6, 6.07) is 1.96. The molecule has 1 N–H and O–H groups in total. The van der Waals surface area contributed by atoms with Crippen LogP contribution in [0.2, 0.25) is 0 Å². The van der Waals surface area contributed by atoms with Crippen LogP contribution in [0, 0.1) is 5.92 Å². The normalized spacial score (nSPS) is 20.8. The maximum absolute atomic E-state index is 13.2. The van der Waals surface area contributed by atoms with Gasteiger partial charge in [-0.05, 0) is 31.2 Å². The van der Waals surface area contributed by atoms with Crippen LogP contribution >= 0.6 is 11.3 Å². The quantitative estimate of drug-likeness (QED) is 0.644. The van der Waals surface area contributed by atoms with Gasteiger partial charge >= 0.3 is 0 Å². The molecule has 0 aromatic carbocycles. The van der Waals surface area contributed by atoms with E-state index in [2.05, 4.69) is 47.4 Å². The molecule has 6 heteroatoms. The van der Waals surface area contributed by atoms with E-state index >= 15 is 0 Å². The minimum absolute atomic E-state index is 0.00212. The fourth-order valence-electron chi connectivity index (χ4n) is 3.47. The average Bonchev–Trinajstić information content (AvgIpc) is 3.04. The maximum atomic E-state index is 13.2. The molecule has 0 aliphatic heterocycles. The molecule has 0 amide bonds. The molecular formula is C21H24N4OS. The number of fused-ring (bicyclic) bond motifs is 3. The lowest BCUT2D eigenvalue weighted by atomic mass is 10.0. The van der Waals surface area contributed by atoms with E-state index in [1.165, 1.54) is 11.3 Å². The van der Waals surface area contributed by atoms with E-state index in [1.54, 1.807) is 17.1 Å². The van der Waals surface area contributed by atoms with E-state index in [0.717, 1.165) is 59.3 Å². The molecule has 1 unspecified atom stereocenters. The van der Waals surface area contributed by atoms with Crippen LogP contribution in [-0.2, 0) is 0 Å². The minimum atomic E-state index is -0.00212. The highest BCUT2D eigenvalue weighted by Crippen LogP contribution is 2.34. The molecule has 0 spiro atoms. The van der Waals surface area contributed by atoms with Crippen LogP contribution in [0.15, 0.2) is 41.6 Å². The molecule has 0 fully saturated rings. The van der Waals surface area contributed by atoms with Gasteiger partial charge in [0.25, 0.3) is 5.56 Å². The zero-order valence-corrected chi connectivity index (χ0v) is 16.6. The van der Waals surface area contributed by atoms with Crippen molar-refractivity contribution < 1.29 is 0 Å². The van der Waals surface area contributed by atoms with E-state index in [0.29, 0.717) is 10.6 Å². The summed E-state index contributed by atoms with van der Waals surface area (Å²) in [5, 5.41) is 4.38. The van der Waals surface area contributed by atoms with E-state index in [-0.39, 0.29) is 5.56 Å². The van der Waals surface area contributed by atoms with Crippen molar-refractivity contribution in [2.24, 2.45) is 5.92 Å². The molecule has 3 aromatic rings. The minimum Gasteiger partial charge on any atom is -0.384 e. The second kappa shape index (κ2) is 7.64. The summed E-state index contributed by atoms with van der Waals surface area (Å²) in [6.07, 6.45) is 13.9. The van der Waals surface area contributed by atoms with Gasteiger partial charge in [-0.25, -0.2) is 9.97 Å². The van der Waals surface area contributed by atoms with Gasteiger partial charge in [0, 0.05) is 30.5 Å². The SMILES string of the molecule is CCCNc1ccnc2sc3c(=O)n(/C4=C/CCC(C)/C=C\C4)cnc3c12. The Morgan fingerprint density at radius 1 is 1.37 bits per heavy atom. The van der Waals surface area contributed by atoms with Crippen LogP contribution in [0.1, 0.15) is 39.5 Å². The highest BCUT2D eigenvalue weighted by Gasteiger charge is 2.16. The van der Waals surface area contributed by atoms with E-state index in [9.17, 15) is 4.79 Å². The molecule has 0 saturated heterocycles. The van der Waals surface area contributed by atoms with Crippen molar-refractivity contribution in [3.05, 3.63) is 47.2 Å². The molecule has 27 heavy (non-hydrogen) atoms. The number of hydrogen-bond donors (Lipinski definition) is 1. The third-order valence-corrected chi connectivity index (χ3v) is 6.03. The van der Waals surface area contributed by atoms with E-state index in [1.807, 2.05) is 6.07 Å². The smallest absolute Gasteiger partial charge is 0.275 e. The molecule has 0 bridgehead atoms. The lowest BCUT2D eigenvalue weighted by Crippen LogP contribution is -2.19. The van der Waals surface area contributed by atoms with Crippen molar-refractivity contribution in [1.29, 1.82) is 0 Å². The number of nitrogens with zero attached hydrogens (tertiary/aromatic N) is 3. The van der Waals surface area contributed by atoms with Crippen LogP contribution in [0.3, 0.4) is 0 Å². The molecule has 1 aliphatic rings. The lowest BCUT2D eigenvalue weighted by molar-refractivity contribution is 0.651. The summed E-state index contributed by atoms with van der Waals surface area (Å²) in [4.78, 5) is 23.2. The van der Waals surface area contributed by atoms with Crippen LogP contribution in [0.5, 0.6) is 0 Å². The number of allylic oxidation sites excluding steroid dienone is 4. The maximum Gasteiger partial charge on any atom is 0.275 e. The fourth-order valence-corrected chi connectivity index (χ4v) is 4.53. The Hall–Kier alpha value is -2.47. The van der Waals surface area contributed by atoms with Gasteiger partial charge in [-0.15, -0.1) is 11.3 Å². The molecule has 1 aliphatic carbocycles. The van der Waals surface area contributed by atoms with Gasteiger partial charge in [0.05, 0.1) is 10.9 Å². The first-order valence-corrected chi connectivity index (χ1v) is 10.4. The van der Waals surface area contributed by atoms with Crippen LogP contribution < -0.4 is 10.9 Å². The second-order valence-electron chi connectivity index (χ2n) is 7.05. The highest BCUT2D eigenvalue weighted by molar-refractivity contribution is 7.25. The molecule has 4 rings (SSSR count). The van der Waals surface area contributed by atoms with Crippen molar-refractivity contribution in [1.82, 2.24) is 14.5 Å². The van der Waals surface area contributed by atoms with Gasteiger partial charge < -0.3 is 5.32 Å². The van der Waals surface area contributed by atoms with E-state index in [4.69, 9.17) is 0 Å². The summed E-state index contributed by atoms with van der Waals surface area (Å²) in [7, 11) is 0. The molecule has 140 valence electrons. The number of thiophene rings is 1. The first-order chi connectivity index (χ1) is 13.2. The number of pyridine rings is 1. The predicted octanol–water partition coefficient (Wildman–Crippen LogP) is 5.05. The van der Waals surface area contributed by atoms with Crippen LogP contribution in [0.25, 0.3) is 26.1 Å². The monoisotopic (exact) mass is 380 g/mol. The van der Waals surface area contributed by atoms with Gasteiger partial charge in [0.1, 0.15) is 15.9 Å². The highest BCUT2D eigenvalue weighted by atomic mass is 32.1. The van der Waals surface area contributed by atoms with Gasteiger partial charge in [-0.2, -0.15) is 0 Å². The number of aromatic nitrogens is 3. The zero-order valence-electron chi connectivity index (χ0n) is 15.7. The molecular weight excluding hydrogens is 356 g/mol. The molecule has 0 saturated carbocycles. The standard InChI is InChI=1S/C21H24N4OS/c1-3-11-22-16-10-12-23-20-17(16)18-19(27-20)21(26)25(13-24-18)15-8-4-6-14(2)7-5-9-15/h4,6,9-10,12-14H,3,5,7-8,11H2,1-2H3,(H,22,23)/b6-4-,15-9+. The Balaban J connectivity index is 1.83. The van der Waals surface area contributed by atoms with Crippen molar-refractivity contribution in [2.75, 3.05) is 11.9 Å². The number of rotatable bonds is 4. The first-order valence-electron chi connectivity index (χ1n) is 9.58. The van der Waals surface area contributed by atoms with Crippen molar-refractivity contribution >= 4 is 43.2 Å². The Kier molecular flexibility index (Phi) is 5.07. The Morgan fingerprint density at radius 3 is 3.11 bits per heavy atom. The van der Waals surface area contributed by atoms with Crippen LogP contribution in [-0.4, -0.2) is 21.1 Å². The van der Waals surface area contributed by atoms with Gasteiger partial charge in [0.15, 0.2) is 0 Å². The first kappa shape index (κ1) is 17.9. The van der Waals surface area contributed by atoms with E-state index < -0.39 is 0 Å². The largest absolute Gasteiger partial charge is 0.384 e. The third-order valence-electron chi connectivity index (χ3n) is 4.95. The van der Waals surface area contributed by atoms with Gasteiger partial charge in [-0.1, -0.05) is 32.1 Å². The number of nitrogens with one attached hydrogen (secondary N) is 1. The molecule has 1 atom stereocenters. The third kappa shape index (κ3) is 3.41.